The first-order chi connectivity index (χ1) is 7.23. The van der Waals surface area contributed by atoms with Gasteiger partial charge in [0.05, 0.1) is 6.26 Å². The highest BCUT2D eigenvalue weighted by atomic mass is 16.5. The largest absolute Gasteiger partial charge is 0.480 e. The number of hydrogen-bond donors (Lipinski definition) is 2. The number of esters is 1. The van der Waals surface area contributed by atoms with Crippen molar-refractivity contribution in [3.63, 3.8) is 0 Å². The molecule has 0 aliphatic heterocycles. The zero-order chi connectivity index (χ0) is 13.3. The van der Waals surface area contributed by atoms with Crippen LogP contribution in [0.5, 0.6) is 0 Å². The fourth-order valence-electron chi connectivity index (χ4n) is 0.461. The molecule has 0 aliphatic rings. The van der Waals surface area contributed by atoms with Crippen LogP contribution in [0.25, 0.3) is 0 Å². The average molecular weight is 229 g/mol. The van der Waals surface area contributed by atoms with Gasteiger partial charge in [-0.05, 0) is 12.8 Å². The first kappa shape index (κ1) is 16.8. The molecule has 0 unspecified atom stereocenters. The third kappa shape index (κ3) is 8.96. The standard InChI is InChI=1S/C6H8O2.C5H11NO2/c1-4-8-6(7)5(2)3;1-3(2)4(6)5(7)8/h4H,1-2H2,3H3;3-4H,6H2,1-2H3,(H,7,8)/t;4-/m.0/s1. The Morgan fingerprint density at radius 2 is 1.88 bits per heavy atom. The van der Waals surface area contributed by atoms with E-state index >= 15 is 0 Å². The van der Waals surface area contributed by atoms with Crippen LogP contribution in [-0.4, -0.2) is 23.1 Å². The lowest BCUT2D eigenvalue weighted by Crippen LogP contribution is -2.34. The predicted octanol–water partition coefficient (Wildman–Crippen LogP) is 1.30. The molecule has 0 aromatic rings. The minimum Gasteiger partial charge on any atom is -0.480 e. The van der Waals surface area contributed by atoms with Crippen molar-refractivity contribution in [2.45, 2.75) is 26.8 Å². The van der Waals surface area contributed by atoms with Gasteiger partial charge >= 0.3 is 11.9 Å². The van der Waals surface area contributed by atoms with Crippen molar-refractivity contribution in [1.82, 2.24) is 0 Å². The zero-order valence-electron chi connectivity index (χ0n) is 9.90. The number of nitrogens with two attached hydrogens (primary N) is 1. The van der Waals surface area contributed by atoms with Crippen molar-refractivity contribution >= 4 is 11.9 Å². The lowest BCUT2D eigenvalue weighted by molar-refractivity contribution is -0.139. The highest BCUT2D eigenvalue weighted by Crippen LogP contribution is 1.96. The Morgan fingerprint density at radius 3 is 1.94 bits per heavy atom. The third-order valence-electron chi connectivity index (χ3n) is 1.54. The van der Waals surface area contributed by atoms with Crippen LogP contribution in [0.1, 0.15) is 20.8 Å². The summed E-state index contributed by atoms with van der Waals surface area (Å²) in [4.78, 5) is 20.4. The Hall–Kier alpha value is -1.62. The van der Waals surface area contributed by atoms with E-state index in [1.165, 1.54) is 0 Å². The topological polar surface area (TPSA) is 89.6 Å². The van der Waals surface area contributed by atoms with Gasteiger partial charge in [-0.3, -0.25) is 4.79 Å². The van der Waals surface area contributed by atoms with Crippen LogP contribution >= 0.6 is 0 Å². The molecule has 5 nitrogen and oxygen atoms in total. The molecular formula is C11H19NO4. The molecule has 0 aliphatic carbocycles. The van der Waals surface area contributed by atoms with Gasteiger partial charge in [0.2, 0.25) is 0 Å². The Kier molecular flexibility index (Phi) is 9.10. The molecule has 0 saturated heterocycles. The second-order valence-corrected chi connectivity index (χ2v) is 3.46. The first-order valence-corrected chi connectivity index (χ1v) is 4.69. The summed E-state index contributed by atoms with van der Waals surface area (Å²) in [6, 6.07) is -0.713. The fourth-order valence-corrected chi connectivity index (χ4v) is 0.461. The summed E-state index contributed by atoms with van der Waals surface area (Å²) in [6.45, 7) is 11.7. The van der Waals surface area contributed by atoms with Crippen molar-refractivity contribution in [2.75, 3.05) is 0 Å². The van der Waals surface area contributed by atoms with E-state index in [1.54, 1.807) is 20.8 Å². The molecule has 0 rings (SSSR count). The minimum atomic E-state index is -0.931. The quantitative estimate of drug-likeness (QED) is 0.431. The fraction of sp³-hybridized carbons (Fsp3) is 0.455. The number of carbonyl (C=O) groups is 2. The van der Waals surface area contributed by atoms with E-state index in [4.69, 9.17) is 10.8 Å². The molecule has 0 amide bonds. The summed E-state index contributed by atoms with van der Waals surface area (Å²) in [7, 11) is 0. The summed E-state index contributed by atoms with van der Waals surface area (Å²) in [5.74, 6) is -1.34. The second-order valence-electron chi connectivity index (χ2n) is 3.46. The van der Waals surface area contributed by atoms with Gasteiger partial charge in [-0.15, -0.1) is 0 Å². The van der Waals surface area contributed by atoms with E-state index < -0.39 is 18.0 Å². The summed E-state index contributed by atoms with van der Waals surface area (Å²) in [5.41, 5.74) is 5.54. The number of carboxylic acid groups (broad SMARTS) is 1. The molecule has 3 N–H and O–H groups in total. The van der Waals surface area contributed by atoms with E-state index in [2.05, 4.69) is 17.9 Å². The van der Waals surface area contributed by atoms with Gasteiger partial charge in [-0.25, -0.2) is 4.79 Å². The van der Waals surface area contributed by atoms with Gasteiger partial charge in [-0.2, -0.15) is 0 Å². The highest BCUT2D eigenvalue weighted by molar-refractivity contribution is 5.87. The summed E-state index contributed by atoms with van der Waals surface area (Å²) in [5, 5.41) is 8.23. The van der Waals surface area contributed by atoms with Gasteiger partial charge in [0.1, 0.15) is 6.04 Å². The van der Waals surface area contributed by atoms with E-state index in [0.29, 0.717) is 5.57 Å². The van der Waals surface area contributed by atoms with Crippen molar-refractivity contribution in [3.8, 4) is 0 Å². The van der Waals surface area contributed by atoms with Crippen molar-refractivity contribution in [1.29, 1.82) is 0 Å². The van der Waals surface area contributed by atoms with Gasteiger partial charge in [0.15, 0.2) is 0 Å². The number of carbonyl (C=O) groups excluding carboxylic acids is 1. The monoisotopic (exact) mass is 229 g/mol. The number of hydrogen-bond acceptors (Lipinski definition) is 4. The molecule has 92 valence electrons. The number of rotatable bonds is 4. The SMILES string of the molecule is C=COC(=O)C(=C)C.CC(C)[C@H](N)C(=O)O. The molecule has 0 bridgehead atoms. The third-order valence-corrected chi connectivity index (χ3v) is 1.54. The van der Waals surface area contributed by atoms with E-state index in [0.717, 1.165) is 6.26 Å². The second kappa shape index (κ2) is 8.67. The summed E-state index contributed by atoms with van der Waals surface area (Å²) in [6.07, 6.45) is 1.08. The van der Waals surface area contributed by atoms with Crippen LogP contribution in [0.3, 0.4) is 0 Å². The van der Waals surface area contributed by atoms with Crippen molar-refractivity contribution in [3.05, 3.63) is 25.0 Å². The Bertz CT molecular complexity index is 271. The first-order valence-electron chi connectivity index (χ1n) is 4.69. The molecule has 0 radical (unpaired) electrons. The van der Waals surface area contributed by atoms with Crippen molar-refractivity contribution in [2.24, 2.45) is 11.7 Å². The highest BCUT2D eigenvalue weighted by Gasteiger charge is 2.14. The molecule has 1 atom stereocenters. The number of aliphatic carboxylic acids is 1. The molecule has 0 aromatic carbocycles. The van der Waals surface area contributed by atoms with Crippen LogP contribution in [-0.2, 0) is 14.3 Å². The normalized spacial score (nSPS) is 10.8. The Morgan fingerprint density at radius 1 is 1.44 bits per heavy atom. The molecule has 0 fully saturated rings. The van der Waals surface area contributed by atoms with Gasteiger partial charge < -0.3 is 15.6 Å². The van der Waals surface area contributed by atoms with Crippen LogP contribution in [0.15, 0.2) is 25.0 Å². The Labute approximate surface area is 95.6 Å². The zero-order valence-corrected chi connectivity index (χ0v) is 9.90. The predicted molar refractivity (Wildman–Crippen MR) is 61.6 cm³/mol. The molecule has 0 spiro atoms. The maximum Gasteiger partial charge on any atom is 0.337 e. The number of carboxylic acids is 1. The molecule has 5 heteroatoms. The molecular weight excluding hydrogens is 210 g/mol. The lowest BCUT2D eigenvalue weighted by atomic mass is 10.1. The van der Waals surface area contributed by atoms with Crippen LogP contribution in [0.2, 0.25) is 0 Å². The van der Waals surface area contributed by atoms with Gasteiger partial charge in [0.25, 0.3) is 0 Å². The van der Waals surface area contributed by atoms with Gasteiger partial charge in [0, 0.05) is 5.57 Å². The van der Waals surface area contributed by atoms with Gasteiger partial charge in [-0.1, -0.05) is 27.0 Å². The maximum absolute atomic E-state index is 10.3. The van der Waals surface area contributed by atoms with E-state index in [1.807, 2.05) is 0 Å². The smallest absolute Gasteiger partial charge is 0.337 e. The average Bonchev–Trinajstić information content (AvgIpc) is 2.17. The number of ether oxygens (including phenoxy) is 1. The maximum atomic E-state index is 10.3. The van der Waals surface area contributed by atoms with Crippen LogP contribution in [0, 0.1) is 5.92 Å². The van der Waals surface area contributed by atoms with Crippen molar-refractivity contribution < 1.29 is 19.4 Å². The van der Waals surface area contributed by atoms with E-state index in [-0.39, 0.29) is 5.92 Å². The molecule has 16 heavy (non-hydrogen) atoms. The Balaban J connectivity index is 0. The minimum absolute atomic E-state index is 0.0208. The van der Waals surface area contributed by atoms with E-state index in [9.17, 15) is 9.59 Å². The molecule has 0 aromatic heterocycles. The summed E-state index contributed by atoms with van der Waals surface area (Å²) < 4.78 is 4.33. The molecule has 0 saturated carbocycles. The van der Waals surface area contributed by atoms with Crippen LogP contribution < -0.4 is 5.73 Å². The lowest BCUT2D eigenvalue weighted by Gasteiger charge is -2.07. The van der Waals surface area contributed by atoms with Crippen LogP contribution in [0.4, 0.5) is 0 Å². The summed E-state index contributed by atoms with van der Waals surface area (Å²) >= 11 is 0. The molecule has 0 heterocycles.